The first-order valence-electron chi connectivity index (χ1n) is 6.05. The van der Waals surface area contributed by atoms with Gasteiger partial charge in [-0.15, -0.1) is 0 Å². The zero-order valence-electron chi connectivity index (χ0n) is 9.88. The van der Waals surface area contributed by atoms with Crippen molar-refractivity contribution in [2.24, 2.45) is 5.92 Å². The highest BCUT2D eigenvalue weighted by Gasteiger charge is 2.20. The molecule has 1 atom stereocenters. The Morgan fingerprint density at radius 1 is 1.21 bits per heavy atom. The lowest BCUT2D eigenvalue weighted by Gasteiger charge is -2.20. The summed E-state index contributed by atoms with van der Waals surface area (Å²) in [6, 6.07) is 0.674. The van der Waals surface area contributed by atoms with Crippen LogP contribution in [0.1, 0.15) is 46.5 Å². The Morgan fingerprint density at radius 2 is 1.86 bits per heavy atom. The summed E-state index contributed by atoms with van der Waals surface area (Å²) >= 11 is 0. The van der Waals surface area contributed by atoms with Crippen LogP contribution in [0.4, 0.5) is 0 Å². The second-order valence-corrected chi connectivity index (χ2v) is 4.71. The van der Waals surface area contributed by atoms with Crippen LogP contribution < -0.4 is 5.32 Å². The number of ether oxygens (including phenoxy) is 1. The second kappa shape index (κ2) is 6.41. The van der Waals surface area contributed by atoms with Gasteiger partial charge < -0.3 is 10.1 Å². The Bertz CT molecular complexity index is 141. The maximum atomic E-state index is 5.49. The van der Waals surface area contributed by atoms with Crippen molar-refractivity contribution in [1.82, 2.24) is 5.32 Å². The largest absolute Gasteiger partial charge is 0.377 e. The van der Waals surface area contributed by atoms with E-state index in [9.17, 15) is 0 Å². The molecule has 2 heteroatoms. The molecule has 0 unspecified atom stereocenters. The van der Waals surface area contributed by atoms with Crippen molar-refractivity contribution in [2.75, 3.05) is 13.2 Å². The Hall–Kier alpha value is -0.0800. The zero-order valence-corrected chi connectivity index (χ0v) is 9.88. The molecule has 0 aliphatic heterocycles. The van der Waals surface area contributed by atoms with Crippen LogP contribution in [0.3, 0.4) is 0 Å². The molecule has 0 aromatic rings. The van der Waals surface area contributed by atoms with E-state index < -0.39 is 0 Å². The minimum absolute atomic E-state index is 0.360. The van der Waals surface area contributed by atoms with E-state index in [1.165, 1.54) is 25.7 Å². The van der Waals surface area contributed by atoms with E-state index in [0.29, 0.717) is 12.1 Å². The molecule has 1 rings (SSSR count). The predicted molar refractivity (Wildman–Crippen MR) is 60.5 cm³/mol. The summed E-state index contributed by atoms with van der Waals surface area (Å²) in [7, 11) is 0. The standard InChI is InChI=1S/C12H25NO/c1-10(2)14-9-8-13-11(3)12-6-4-5-7-12/h10-13H,4-9H2,1-3H3/t11-/m0/s1. The Labute approximate surface area is 88.4 Å². The van der Waals surface area contributed by atoms with Crippen molar-refractivity contribution in [3.05, 3.63) is 0 Å². The Kier molecular flexibility index (Phi) is 5.49. The molecule has 0 heterocycles. The highest BCUT2D eigenvalue weighted by Crippen LogP contribution is 2.27. The summed E-state index contributed by atoms with van der Waals surface area (Å²) in [5.74, 6) is 0.911. The van der Waals surface area contributed by atoms with E-state index in [-0.39, 0.29) is 0 Å². The van der Waals surface area contributed by atoms with Crippen molar-refractivity contribution in [3.8, 4) is 0 Å². The number of hydrogen-bond acceptors (Lipinski definition) is 2. The van der Waals surface area contributed by atoms with Crippen LogP contribution in [-0.2, 0) is 4.74 Å². The van der Waals surface area contributed by atoms with Gasteiger partial charge in [0, 0.05) is 12.6 Å². The van der Waals surface area contributed by atoms with Crippen LogP contribution in [-0.4, -0.2) is 25.3 Å². The lowest BCUT2D eigenvalue weighted by Crippen LogP contribution is -2.35. The topological polar surface area (TPSA) is 21.3 Å². The molecule has 1 aliphatic carbocycles. The number of hydrogen-bond donors (Lipinski definition) is 1. The van der Waals surface area contributed by atoms with Gasteiger partial charge in [0.2, 0.25) is 0 Å². The molecule has 1 fully saturated rings. The fourth-order valence-electron chi connectivity index (χ4n) is 2.21. The summed E-state index contributed by atoms with van der Waals surface area (Å²) in [6.45, 7) is 8.32. The molecule has 0 amide bonds. The second-order valence-electron chi connectivity index (χ2n) is 4.71. The molecule has 1 saturated carbocycles. The van der Waals surface area contributed by atoms with E-state index in [0.717, 1.165) is 19.1 Å². The Balaban J connectivity index is 1.99. The van der Waals surface area contributed by atoms with E-state index >= 15 is 0 Å². The third-order valence-electron chi connectivity index (χ3n) is 3.13. The van der Waals surface area contributed by atoms with Crippen LogP contribution in [0.2, 0.25) is 0 Å². The summed E-state index contributed by atoms with van der Waals surface area (Å²) in [6.07, 6.45) is 6.05. The van der Waals surface area contributed by atoms with Gasteiger partial charge in [-0.25, -0.2) is 0 Å². The minimum atomic E-state index is 0.360. The lowest BCUT2D eigenvalue weighted by atomic mass is 10.00. The molecular formula is C12H25NO. The monoisotopic (exact) mass is 199 g/mol. The minimum Gasteiger partial charge on any atom is -0.377 e. The average molecular weight is 199 g/mol. The van der Waals surface area contributed by atoms with Crippen LogP contribution in [0.5, 0.6) is 0 Å². The highest BCUT2D eigenvalue weighted by atomic mass is 16.5. The molecule has 0 radical (unpaired) electrons. The molecule has 2 nitrogen and oxygen atoms in total. The summed E-state index contributed by atoms with van der Waals surface area (Å²) in [4.78, 5) is 0. The van der Waals surface area contributed by atoms with Gasteiger partial charge in [-0.2, -0.15) is 0 Å². The van der Waals surface area contributed by atoms with Crippen LogP contribution in [0.15, 0.2) is 0 Å². The van der Waals surface area contributed by atoms with E-state index in [4.69, 9.17) is 4.74 Å². The number of nitrogens with one attached hydrogen (secondary N) is 1. The van der Waals surface area contributed by atoms with Gasteiger partial charge in [0.05, 0.1) is 12.7 Å². The first-order valence-corrected chi connectivity index (χ1v) is 6.05. The van der Waals surface area contributed by atoms with Crippen molar-refractivity contribution >= 4 is 0 Å². The van der Waals surface area contributed by atoms with Gasteiger partial charge in [-0.1, -0.05) is 12.8 Å². The van der Waals surface area contributed by atoms with E-state index in [2.05, 4.69) is 26.1 Å². The number of rotatable bonds is 6. The van der Waals surface area contributed by atoms with Gasteiger partial charge in [-0.05, 0) is 39.5 Å². The average Bonchev–Trinajstić information content (AvgIpc) is 2.64. The molecule has 0 saturated heterocycles. The summed E-state index contributed by atoms with van der Waals surface area (Å²) in [5.41, 5.74) is 0. The van der Waals surface area contributed by atoms with Crippen LogP contribution >= 0.6 is 0 Å². The van der Waals surface area contributed by atoms with E-state index in [1.807, 2.05) is 0 Å². The SMILES string of the molecule is CC(C)OCCN[C@@H](C)C1CCCC1. The third kappa shape index (κ3) is 4.43. The molecular weight excluding hydrogens is 174 g/mol. The molecule has 1 aliphatic rings. The molecule has 0 bridgehead atoms. The maximum absolute atomic E-state index is 5.49. The summed E-state index contributed by atoms with van der Waals surface area (Å²) < 4.78 is 5.49. The quantitative estimate of drug-likeness (QED) is 0.664. The lowest BCUT2D eigenvalue weighted by molar-refractivity contribution is 0.0784. The predicted octanol–water partition coefficient (Wildman–Crippen LogP) is 2.58. The third-order valence-corrected chi connectivity index (χ3v) is 3.13. The van der Waals surface area contributed by atoms with Gasteiger partial charge in [0.15, 0.2) is 0 Å². The molecule has 14 heavy (non-hydrogen) atoms. The molecule has 1 N–H and O–H groups in total. The molecule has 0 spiro atoms. The van der Waals surface area contributed by atoms with Gasteiger partial charge in [0.25, 0.3) is 0 Å². The normalized spacial score (nSPS) is 20.6. The van der Waals surface area contributed by atoms with Gasteiger partial charge >= 0.3 is 0 Å². The van der Waals surface area contributed by atoms with Crippen molar-refractivity contribution in [1.29, 1.82) is 0 Å². The fourth-order valence-corrected chi connectivity index (χ4v) is 2.21. The zero-order chi connectivity index (χ0) is 10.4. The molecule has 0 aromatic heterocycles. The van der Waals surface area contributed by atoms with Crippen molar-refractivity contribution in [2.45, 2.75) is 58.6 Å². The van der Waals surface area contributed by atoms with Gasteiger partial charge in [0.1, 0.15) is 0 Å². The van der Waals surface area contributed by atoms with Crippen molar-refractivity contribution < 1.29 is 4.74 Å². The van der Waals surface area contributed by atoms with Gasteiger partial charge in [-0.3, -0.25) is 0 Å². The van der Waals surface area contributed by atoms with Crippen molar-refractivity contribution in [3.63, 3.8) is 0 Å². The van der Waals surface area contributed by atoms with Crippen LogP contribution in [0, 0.1) is 5.92 Å². The highest BCUT2D eigenvalue weighted by molar-refractivity contribution is 4.76. The first kappa shape index (κ1) is 12.0. The smallest absolute Gasteiger partial charge is 0.0594 e. The van der Waals surface area contributed by atoms with E-state index in [1.54, 1.807) is 0 Å². The first-order chi connectivity index (χ1) is 6.70. The summed E-state index contributed by atoms with van der Waals surface area (Å²) in [5, 5.41) is 3.55. The molecule has 0 aromatic carbocycles. The van der Waals surface area contributed by atoms with Crippen LogP contribution in [0.25, 0.3) is 0 Å². The fraction of sp³-hybridized carbons (Fsp3) is 1.00. The maximum Gasteiger partial charge on any atom is 0.0594 e. The molecule has 84 valence electrons. The Morgan fingerprint density at radius 3 is 2.43 bits per heavy atom.